The lowest BCUT2D eigenvalue weighted by atomic mass is 10.4. The largest absolute Gasteiger partial charge is 0.395 e. The Bertz CT molecular complexity index is 207. The highest BCUT2D eigenvalue weighted by atomic mass is 16.5. The molecule has 3 heteroatoms. The monoisotopic (exact) mass is 154 g/mol. The van der Waals surface area contributed by atoms with Crippen LogP contribution in [0.2, 0.25) is 0 Å². The van der Waals surface area contributed by atoms with Crippen LogP contribution in [0.1, 0.15) is 13.3 Å². The molecule has 0 aliphatic rings. The van der Waals surface area contributed by atoms with E-state index in [1.165, 1.54) is 6.92 Å². The summed E-state index contributed by atoms with van der Waals surface area (Å²) in [6.07, 6.45) is 2.46. The van der Waals surface area contributed by atoms with E-state index in [1.807, 2.05) is 0 Å². The Kier molecular flexibility index (Phi) is 4.87. The normalized spacial score (nSPS) is 7.82. The molecule has 60 valence electrons. The first-order chi connectivity index (χ1) is 5.18. The van der Waals surface area contributed by atoms with Gasteiger partial charge in [0, 0.05) is 12.0 Å². The SMILES string of the molecule is C=C(C)C(=O)OC#CCCO. The van der Waals surface area contributed by atoms with Gasteiger partial charge in [-0.1, -0.05) is 12.5 Å². The van der Waals surface area contributed by atoms with Crippen LogP contribution in [0.4, 0.5) is 0 Å². The third-order valence-electron chi connectivity index (χ3n) is 0.801. The maximum atomic E-state index is 10.6. The van der Waals surface area contributed by atoms with E-state index in [-0.39, 0.29) is 6.61 Å². The van der Waals surface area contributed by atoms with Gasteiger partial charge in [0.15, 0.2) is 0 Å². The van der Waals surface area contributed by atoms with Crippen molar-refractivity contribution >= 4 is 5.97 Å². The molecule has 0 aromatic rings. The van der Waals surface area contributed by atoms with Crippen LogP contribution >= 0.6 is 0 Å². The molecule has 0 bridgehead atoms. The van der Waals surface area contributed by atoms with Gasteiger partial charge in [-0.25, -0.2) is 4.79 Å². The zero-order valence-electron chi connectivity index (χ0n) is 6.39. The molecule has 0 aliphatic carbocycles. The minimum atomic E-state index is -0.532. The number of aliphatic hydroxyl groups is 1. The second-order valence-corrected chi connectivity index (χ2v) is 1.92. The van der Waals surface area contributed by atoms with Gasteiger partial charge in [0.2, 0.25) is 0 Å². The quantitative estimate of drug-likeness (QED) is 0.357. The van der Waals surface area contributed by atoms with Gasteiger partial charge < -0.3 is 9.84 Å². The topological polar surface area (TPSA) is 46.5 Å². The van der Waals surface area contributed by atoms with Crippen LogP contribution in [0.15, 0.2) is 12.2 Å². The Labute approximate surface area is 65.7 Å². The third kappa shape index (κ3) is 5.19. The molecule has 0 aromatic heterocycles. The molecule has 0 rings (SSSR count). The molecule has 11 heavy (non-hydrogen) atoms. The minimum Gasteiger partial charge on any atom is -0.395 e. The van der Waals surface area contributed by atoms with Gasteiger partial charge >= 0.3 is 5.97 Å². The van der Waals surface area contributed by atoms with Crippen molar-refractivity contribution in [3.63, 3.8) is 0 Å². The summed E-state index contributed by atoms with van der Waals surface area (Å²) in [5, 5.41) is 8.28. The average molecular weight is 154 g/mol. The molecule has 0 saturated carbocycles. The van der Waals surface area contributed by atoms with Crippen LogP contribution in [0, 0.1) is 12.0 Å². The van der Waals surface area contributed by atoms with Crippen molar-refractivity contribution in [1.29, 1.82) is 0 Å². The third-order valence-corrected chi connectivity index (χ3v) is 0.801. The molecule has 1 N–H and O–H groups in total. The number of esters is 1. The van der Waals surface area contributed by atoms with E-state index in [0.29, 0.717) is 12.0 Å². The van der Waals surface area contributed by atoms with Crippen LogP contribution < -0.4 is 0 Å². The van der Waals surface area contributed by atoms with E-state index in [0.717, 1.165) is 0 Å². The van der Waals surface area contributed by atoms with E-state index < -0.39 is 5.97 Å². The summed E-state index contributed by atoms with van der Waals surface area (Å²) in [7, 11) is 0. The Morgan fingerprint density at radius 2 is 2.36 bits per heavy atom. The number of carbonyl (C=O) groups is 1. The first-order valence-corrected chi connectivity index (χ1v) is 3.14. The molecule has 0 atom stereocenters. The van der Waals surface area contributed by atoms with E-state index in [4.69, 9.17) is 5.11 Å². The summed E-state index contributed by atoms with van der Waals surface area (Å²) in [6.45, 7) is 4.87. The fourth-order valence-electron chi connectivity index (χ4n) is 0.276. The Hall–Kier alpha value is -1.27. The number of aliphatic hydroxyl groups excluding tert-OH is 1. The molecular formula is C8H10O3. The van der Waals surface area contributed by atoms with E-state index in [9.17, 15) is 4.79 Å². The predicted molar refractivity (Wildman–Crippen MR) is 40.4 cm³/mol. The molecule has 0 heterocycles. The van der Waals surface area contributed by atoms with Crippen LogP contribution in [-0.2, 0) is 9.53 Å². The van der Waals surface area contributed by atoms with E-state index >= 15 is 0 Å². The second-order valence-electron chi connectivity index (χ2n) is 1.92. The van der Waals surface area contributed by atoms with E-state index in [1.54, 1.807) is 0 Å². The minimum absolute atomic E-state index is 0.0301. The van der Waals surface area contributed by atoms with Crippen molar-refractivity contribution in [2.45, 2.75) is 13.3 Å². The van der Waals surface area contributed by atoms with Crippen LogP contribution in [0.25, 0.3) is 0 Å². The Balaban J connectivity index is 3.64. The molecular weight excluding hydrogens is 144 g/mol. The molecule has 3 nitrogen and oxygen atoms in total. The summed E-state index contributed by atoms with van der Waals surface area (Å²) < 4.78 is 4.39. The lowest BCUT2D eigenvalue weighted by molar-refractivity contribution is -0.132. The summed E-state index contributed by atoms with van der Waals surface area (Å²) in [5.74, 6) is 1.90. The van der Waals surface area contributed by atoms with Crippen LogP contribution in [-0.4, -0.2) is 17.7 Å². The molecule has 0 aliphatic heterocycles. The smallest absolute Gasteiger partial charge is 0.347 e. The van der Waals surface area contributed by atoms with Crippen LogP contribution in [0.3, 0.4) is 0 Å². The lowest BCUT2D eigenvalue weighted by Gasteiger charge is -1.90. The van der Waals surface area contributed by atoms with Gasteiger partial charge in [-0.15, -0.1) is 0 Å². The number of rotatable bonds is 2. The Morgan fingerprint density at radius 1 is 1.73 bits per heavy atom. The lowest BCUT2D eigenvalue weighted by Crippen LogP contribution is -1.99. The summed E-state index contributed by atoms with van der Waals surface area (Å²) in [6, 6.07) is 0. The van der Waals surface area contributed by atoms with Crippen molar-refractivity contribution in [2.75, 3.05) is 6.61 Å². The van der Waals surface area contributed by atoms with Gasteiger partial charge in [-0.05, 0) is 6.92 Å². The van der Waals surface area contributed by atoms with Crippen molar-refractivity contribution in [1.82, 2.24) is 0 Å². The van der Waals surface area contributed by atoms with Crippen molar-refractivity contribution in [3.05, 3.63) is 12.2 Å². The fourth-order valence-corrected chi connectivity index (χ4v) is 0.276. The molecule has 0 amide bonds. The van der Waals surface area contributed by atoms with Gasteiger partial charge in [-0.2, -0.15) is 0 Å². The Morgan fingerprint density at radius 3 is 2.82 bits per heavy atom. The van der Waals surface area contributed by atoms with Crippen molar-refractivity contribution < 1.29 is 14.6 Å². The highest BCUT2D eigenvalue weighted by Gasteiger charge is 1.98. The first kappa shape index (κ1) is 9.73. The van der Waals surface area contributed by atoms with Crippen LogP contribution in [0.5, 0.6) is 0 Å². The number of hydrogen-bond acceptors (Lipinski definition) is 3. The molecule has 0 unspecified atom stereocenters. The second kappa shape index (κ2) is 5.51. The predicted octanol–water partition coefficient (Wildman–Crippen LogP) is 0.449. The highest BCUT2D eigenvalue weighted by molar-refractivity contribution is 5.87. The molecule has 0 spiro atoms. The molecule has 0 saturated heterocycles. The van der Waals surface area contributed by atoms with Gasteiger partial charge in [0.1, 0.15) is 6.11 Å². The number of ether oxygens (including phenoxy) is 1. The molecule has 0 aromatic carbocycles. The van der Waals surface area contributed by atoms with Crippen molar-refractivity contribution in [3.8, 4) is 12.0 Å². The van der Waals surface area contributed by atoms with Crippen molar-refractivity contribution in [2.24, 2.45) is 0 Å². The maximum Gasteiger partial charge on any atom is 0.347 e. The molecule has 0 fully saturated rings. The first-order valence-electron chi connectivity index (χ1n) is 3.14. The molecule has 0 radical (unpaired) electrons. The number of carbonyl (C=O) groups excluding carboxylic acids is 1. The van der Waals surface area contributed by atoms with E-state index in [2.05, 4.69) is 23.3 Å². The summed E-state index contributed by atoms with van der Waals surface area (Å²) in [4.78, 5) is 10.6. The fraction of sp³-hybridized carbons (Fsp3) is 0.375. The average Bonchev–Trinajstić information content (AvgIpc) is 1.97. The van der Waals surface area contributed by atoms with Gasteiger partial charge in [0.05, 0.1) is 6.61 Å². The maximum absolute atomic E-state index is 10.6. The summed E-state index contributed by atoms with van der Waals surface area (Å²) in [5.41, 5.74) is 0.309. The zero-order chi connectivity index (χ0) is 8.69. The zero-order valence-corrected chi connectivity index (χ0v) is 6.39. The van der Waals surface area contributed by atoms with Gasteiger partial charge in [0.25, 0.3) is 0 Å². The summed E-state index contributed by atoms with van der Waals surface area (Å²) >= 11 is 0. The number of hydrogen-bond donors (Lipinski definition) is 1. The highest BCUT2D eigenvalue weighted by Crippen LogP contribution is 1.89. The standard InChI is InChI=1S/C8H10O3/c1-7(2)8(10)11-6-4-3-5-9/h9H,1,3,5H2,2H3. The van der Waals surface area contributed by atoms with Gasteiger partial charge in [-0.3, -0.25) is 0 Å².